The van der Waals surface area contributed by atoms with Crippen LogP contribution in [0.25, 0.3) is 0 Å². The van der Waals surface area contributed by atoms with Crippen LogP contribution in [-0.4, -0.2) is 11.1 Å². The standard InChI is InChI=1S/C21H24O3/c1-14(2)17(5)13-18(6)15(3)10-12-20(8)24-21(23)16(4)9-11-19(7)22/h9-13,22H,1,3-4,6-8H2,2,5H3/b11-9-,12-10-,17-13-. The Labute approximate surface area is 144 Å². The van der Waals surface area contributed by atoms with Crippen LogP contribution in [0.1, 0.15) is 13.8 Å². The molecule has 3 heteroatoms. The van der Waals surface area contributed by atoms with E-state index in [4.69, 9.17) is 9.84 Å². The molecule has 0 aliphatic heterocycles. The van der Waals surface area contributed by atoms with Crippen LogP contribution in [0.5, 0.6) is 0 Å². The third-order valence-electron chi connectivity index (χ3n) is 2.91. The Morgan fingerprint density at radius 2 is 1.38 bits per heavy atom. The minimum atomic E-state index is -0.676. The summed E-state index contributed by atoms with van der Waals surface area (Å²) < 4.78 is 5.01. The van der Waals surface area contributed by atoms with E-state index in [-0.39, 0.29) is 17.1 Å². The number of ether oxygens (including phenoxy) is 1. The molecule has 1 N–H and O–H groups in total. The van der Waals surface area contributed by atoms with Crippen LogP contribution in [0.3, 0.4) is 0 Å². The molecule has 0 aromatic heterocycles. The van der Waals surface area contributed by atoms with Gasteiger partial charge in [-0.25, -0.2) is 4.79 Å². The predicted molar refractivity (Wildman–Crippen MR) is 101 cm³/mol. The van der Waals surface area contributed by atoms with E-state index >= 15 is 0 Å². The van der Waals surface area contributed by atoms with Gasteiger partial charge in [-0.3, -0.25) is 0 Å². The molecule has 0 aromatic carbocycles. The summed E-state index contributed by atoms with van der Waals surface area (Å²) in [6, 6.07) is 0. The van der Waals surface area contributed by atoms with Gasteiger partial charge in [0, 0.05) is 0 Å². The predicted octanol–water partition coefficient (Wildman–Crippen LogP) is 5.42. The van der Waals surface area contributed by atoms with E-state index in [0.717, 1.165) is 16.7 Å². The van der Waals surface area contributed by atoms with Crippen LogP contribution in [0, 0.1) is 0 Å². The topological polar surface area (TPSA) is 46.5 Å². The van der Waals surface area contributed by atoms with Crippen molar-refractivity contribution in [2.24, 2.45) is 0 Å². The lowest BCUT2D eigenvalue weighted by Crippen LogP contribution is -2.04. The monoisotopic (exact) mass is 324 g/mol. The minimum absolute atomic E-state index is 0.0583. The van der Waals surface area contributed by atoms with Gasteiger partial charge in [-0.1, -0.05) is 57.2 Å². The van der Waals surface area contributed by atoms with Gasteiger partial charge in [0.05, 0.1) is 5.57 Å². The summed E-state index contributed by atoms with van der Waals surface area (Å²) in [4.78, 5) is 11.7. The average Bonchev–Trinajstić information content (AvgIpc) is 2.49. The van der Waals surface area contributed by atoms with Crippen LogP contribution in [-0.2, 0) is 9.53 Å². The van der Waals surface area contributed by atoms with E-state index in [1.165, 1.54) is 18.2 Å². The van der Waals surface area contributed by atoms with Crippen molar-refractivity contribution in [2.45, 2.75) is 13.8 Å². The van der Waals surface area contributed by atoms with E-state index in [1.54, 1.807) is 6.08 Å². The zero-order valence-electron chi connectivity index (χ0n) is 14.4. The first-order valence-corrected chi connectivity index (χ1v) is 7.11. The molecule has 126 valence electrons. The lowest BCUT2D eigenvalue weighted by atomic mass is 10.0. The van der Waals surface area contributed by atoms with Gasteiger partial charge >= 0.3 is 5.97 Å². The van der Waals surface area contributed by atoms with Gasteiger partial charge in [-0.05, 0) is 48.8 Å². The summed E-state index contributed by atoms with van der Waals surface area (Å²) in [5, 5.41) is 8.93. The molecule has 3 nitrogen and oxygen atoms in total. The zero-order chi connectivity index (χ0) is 18.9. The highest BCUT2D eigenvalue weighted by molar-refractivity contribution is 5.91. The largest absolute Gasteiger partial charge is 0.509 e. The number of allylic oxidation sites excluding steroid dienone is 8. The molecule has 0 unspecified atom stereocenters. The van der Waals surface area contributed by atoms with Crippen molar-refractivity contribution in [2.75, 3.05) is 0 Å². The molecule has 0 amide bonds. The third kappa shape index (κ3) is 8.39. The van der Waals surface area contributed by atoms with Gasteiger partial charge < -0.3 is 9.84 Å². The summed E-state index contributed by atoms with van der Waals surface area (Å²) in [6.07, 6.45) is 7.57. The van der Waals surface area contributed by atoms with Crippen molar-refractivity contribution in [3.05, 3.63) is 109 Å². The highest BCUT2D eigenvalue weighted by atomic mass is 16.5. The molecule has 0 aromatic rings. The van der Waals surface area contributed by atoms with Gasteiger partial charge in [0.2, 0.25) is 0 Å². The number of aliphatic hydroxyl groups excluding tert-OH is 1. The van der Waals surface area contributed by atoms with E-state index in [9.17, 15) is 4.79 Å². The first kappa shape index (κ1) is 20.9. The Morgan fingerprint density at radius 3 is 1.88 bits per heavy atom. The normalized spacial score (nSPS) is 11.3. The van der Waals surface area contributed by atoms with Gasteiger partial charge in [-0.15, -0.1) is 0 Å². The molecular weight excluding hydrogens is 300 g/mol. The van der Waals surface area contributed by atoms with Crippen molar-refractivity contribution in [1.29, 1.82) is 0 Å². The van der Waals surface area contributed by atoms with Gasteiger partial charge in [0.1, 0.15) is 11.5 Å². The summed E-state index contributed by atoms with van der Waals surface area (Å²) in [5.74, 6) is -0.730. The number of carbonyl (C=O) groups is 1. The summed E-state index contributed by atoms with van der Waals surface area (Å²) in [6.45, 7) is 25.9. The highest BCUT2D eigenvalue weighted by Gasteiger charge is 2.06. The number of hydrogen-bond acceptors (Lipinski definition) is 3. The smallest absolute Gasteiger partial charge is 0.342 e. The lowest BCUT2D eigenvalue weighted by molar-refractivity contribution is -0.134. The summed E-state index contributed by atoms with van der Waals surface area (Å²) >= 11 is 0. The number of hydrogen-bond donors (Lipinski definition) is 1. The average molecular weight is 324 g/mol. The molecule has 0 saturated heterocycles. The van der Waals surface area contributed by atoms with Crippen molar-refractivity contribution in [1.82, 2.24) is 0 Å². The van der Waals surface area contributed by atoms with Gasteiger partial charge in [0.15, 0.2) is 0 Å². The summed E-state index contributed by atoms with van der Waals surface area (Å²) in [5.41, 5.74) is 3.39. The molecule has 0 saturated carbocycles. The van der Waals surface area contributed by atoms with E-state index in [0.29, 0.717) is 5.57 Å². The molecule has 0 aliphatic rings. The molecule has 0 atom stereocenters. The molecule has 0 spiro atoms. The Balaban J connectivity index is 4.72. The van der Waals surface area contributed by atoms with E-state index in [2.05, 4.69) is 39.5 Å². The number of esters is 1. The number of aliphatic hydroxyl groups is 1. The van der Waals surface area contributed by atoms with Crippen molar-refractivity contribution in [3.8, 4) is 0 Å². The van der Waals surface area contributed by atoms with Crippen molar-refractivity contribution >= 4 is 5.97 Å². The third-order valence-corrected chi connectivity index (χ3v) is 2.91. The number of rotatable bonds is 9. The molecule has 0 bridgehead atoms. The highest BCUT2D eigenvalue weighted by Crippen LogP contribution is 2.15. The van der Waals surface area contributed by atoms with Gasteiger partial charge in [0.25, 0.3) is 0 Å². The second kappa shape index (κ2) is 9.85. The number of carbonyl (C=O) groups excluding carboxylic acids is 1. The SMILES string of the molecule is C=C(O)/C=C\C(=C)C(=O)OC(=C)/C=C\C(=C)C(=C)/C=C(/C)C(=C)C. The van der Waals surface area contributed by atoms with Crippen LogP contribution < -0.4 is 0 Å². The Hall–Kier alpha value is -3.07. The maximum Gasteiger partial charge on any atom is 0.342 e. The quantitative estimate of drug-likeness (QED) is 0.267. The molecule has 0 heterocycles. The zero-order valence-corrected chi connectivity index (χ0v) is 14.4. The molecule has 0 fully saturated rings. The minimum Gasteiger partial charge on any atom is -0.509 e. The van der Waals surface area contributed by atoms with Crippen LogP contribution in [0.4, 0.5) is 0 Å². The molecule has 0 radical (unpaired) electrons. The fraction of sp³-hybridized carbons (Fsp3) is 0.0952. The second-order valence-corrected chi connectivity index (χ2v) is 5.20. The van der Waals surface area contributed by atoms with Crippen LogP contribution in [0.2, 0.25) is 0 Å². The fourth-order valence-corrected chi connectivity index (χ4v) is 1.26. The van der Waals surface area contributed by atoms with Crippen molar-refractivity contribution in [3.63, 3.8) is 0 Å². The van der Waals surface area contributed by atoms with Crippen molar-refractivity contribution < 1.29 is 14.6 Å². The fourth-order valence-electron chi connectivity index (χ4n) is 1.26. The van der Waals surface area contributed by atoms with Gasteiger partial charge in [-0.2, -0.15) is 0 Å². The Kier molecular flexibility index (Phi) is 8.59. The maximum absolute atomic E-state index is 11.7. The lowest BCUT2D eigenvalue weighted by Gasteiger charge is -2.05. The van der Waals surface area contributed by atoms with Crippen LogP contribution >= 0.6 is 0 Å². The Bertz CT molecular complexity index is 695. The Morgan fingerprint density at radius 1 is 0.833 bits per heavy atom. The first-order valence-electron chi connectivity index (χ1n) is 7.11. The summed E-state index contributed by atoms with van der Waals surface area (Å²) in [7, 11) is 0. The van der Waals surface area contributed by atoms with E-state index < -0.39 is 5.97 Å². The first-order chi connectivity index (χ1) is 11.0. The van der Waals surface area contributed by atoms with Crippen LogP contribution in [0.15, 0.2) is 109 Å². The maximum atomic E-state index is 11.7. The second-order valence-electron chi connectivity index (χ2n) is 5.20. The molecule has 24 heavy (non-hydrogen) atoms. The molecule has 0 aliphatic carbocycles. The molecular formula is C21H24O3. The van der Waals surface area contributed by atoms with E-state index in [1.807, 2.05) is 19.9 Å². The molecule has 0 rings (SSSR count).